The maximum Gasteiger partial charge on any atom is 0.240 e. The molecule has 0 unspecified atom stereocenters. The summed E-state index contributed by atoms with van der Waals surface area (Å²) in [5, 5.41) is 2.85. The third-order valence-electron chi connectivity index (χ3n) is 3.66. The van der Waals surface area contributed by atoms with E-state index in [-0.39, 0.29) is 22.8 Å². The summed E-state index contributed by atoms with van der Waals surface area (Å²) < 4.78 is 26.7. The Balaban J connectivity index is 1.94. The van der Waals surface area contributed by atoms with Crippen LogP contribution in [0.1, 0.15) is 38.7 Å². The first-order valence-electron chi connectivity index (χ1n) is 7.31. The predicted octanol–water partition coefficient (Wildman–Crippen LogP) is 1.79. The number of hydrogen-bond donors (Lipinski definition) is 2. The summed E-state index contributed by atoms with van der Waals surface area (Å²) in [6.45, 7) is 4.27. The van der Waals surface area contributed by atoms with Gasteiger partial charge in [-0.15, -0.1) is 0 Å². The van der Waals surface area contributed by atoms with Crippen LogP contribution in [0.15, 0.2) is 29.2 Å². The van der Waals surface area contributed by atoms with Crippen molar-refractivity contribution in [3.63, 3.8) is 0 Å². The van der Waals surface area contributed by atoms with Crippen LogP contribution in [0.3, 0.4) is 0 Å². The molecule has 6 heteroatoms. The van der Waals surface area contributed by atoms with E-state index in [4.69, 9.17) is 0 Å². The standard InChI is InChI=1S/C15H22N2O3S/c1-3-11(2)15(18)16-10-12-4-8-14(9-5-12)21(19,20)17-13-6-7-13/h4-5,8-9,11,13,17H,3,6-7,10H2,1-2H3,(H,16,18)/t11-/m0/s1. The van der Waals surface area contributed by atoms with Crippen molar-refractivity contribution in [2.75, 3.05) is 0 Å². The maximum atomic E-state index is 12.0. The minimum Gasteiger partial charge on any atom is -0.352 e. The quantitative estimate of drug-likeness (QED) is 0.806. The lowest BCUT2D eigenvalue weighted by Crippen LogP contribution is -2.28. The van der Waals surface area contributed by atoms with Crippen LogP contribution in [0.2, 0.25) is 0 Å². The number of benzene rings is 1. The summed E-state index contributed by atoms with van der Waals surface area (Å²) in [4.78, 5) is 12.0. The Kier molecular flexibility index (Phi) is 5.00. The molecule has 1 fully saturated rings. The van der Waals surface area contributed by atoms with Gasteiger partial charge in [0, 0.05) is 18.5 Å². The van der Waals surface area contributed by atoms with Crippen LogP contribution in [-0.4, -0.2) is 20.4 Å². The Bertz CT molecular complexity index is 592. The van der Waals surface area contributed by atoms with Crippen molar-refractivity contribution in [2.24, 2.45) is 5.92 Å². The lowest BCUT2D eigenvalue weighted by molar-refractivity contribution is -0.124. The summed E-state index contributed by atoms with van der Waals surface area (Å²) in [6.07, 6.45) is 2.63. The summed E-state index contributed by atoms with van der Waals surface area (Å²) >= 11 is 0. The fraction of sp³-hybridized carbons (Fsp3) is 0.533. The molecule has 1 atom stereocenters. The van der Waals surface area contributed by atoms with Crippen molar-refractivity contribution in [3.05, 3.63) is 29.8 Å². The number of sulfonamides is 1. The highest BCUT2D eigenvalue weighted by atomic mass is 32.2. The molecule has 21 heavy (non-hydrogen) atoms. The van der Waals surface area contributed by atoms with Gasteiger partial charge in [-0.25, -0.2) is 13.1 Å². The van der Waals surface area contributed by atoms with Gasteiger partial charge in [0.2, 0.25) is 15.9 Å². The van der Waals surface area contributed by atoms with Crippen LogP contribution in [0.4, 0.5) is 0 Å². The van der Waals surface area contributed by atoms with E-state index < -0.39 is 10.0 Å². The van der Waals surface area contributed by atoms with Crippen molar-refractivity contribution in [2.45, 2.75) is 50.6 Å². The van der Waals surface area contributed by atoms with Crippen LogP contribution in [0.5, 0.6) is 0 Å². The Labute approximate surface area is 126 Å². The first-order valence-corrected chi connectivity index (χ1v) is 8.79. The zero-order valence-electron chi connectivity index (χ0n) is 12.4. The minimum atomic E-state index is -3.40. The molecule has 0 aliphatic heterocycles. The van der Waals surface area contributed by atoms with E-state index in [1.54, 1.807) is 24.3 Å². The van der Waals surface area contributed by atoms with Gasteiger partial charge < -0.3 is 5.32 Å². The average molecular weight is 310 g/mol. The molecule has 1 aromatic rings. The second kappa shape index (κ2) is 6.58. The Morgan fingerprint density at radius 3 is 2.43 bits per heavy atom. The number of hydrogen-bond acceptors (Lipinski definition) is 3. The molecule has 116 valence electrons. The van der Waals surface area contributed by atoms with Gasteiger partial charge in [0.25, 0.3) is 0 Å². The van der Waals surface area contributed by atoms with Crippen LogP contribution in [0.25, 0.3) is 0 Å². The molecule has 1 amide bonds. The summed E-state index contributed by atoms with van der Waals surface area (Å²) in [5.74, 6) is 0.0111. The monoisotopic (exact) mass is 310 g/mol. The van der Waals surface area contributed by atoms with Gasteiger partial charge in [0.15, 0.2) is 0 Å². The molecule has 0 aromatic heterocycles. The zero-order chi connectivity index (χ0) is 15.5. The van der Waals surface area contributed by atoms with Gasteiger partial charge >= 0.3 is 0 Å². The predicted molar refractivity (Wildman–Crippen MR) is 81.1 cm³/mol. The van der Waals surface area contributed by atoms with E-state index in [2.05, 4.69) is 10.0 Å². The van der Waals surface area contributed by atoms with Gasteiger partial charge in [-0.3, -0.25) is 4.79 Å². The molecule has 2 rings (SSSR count). The Morgan fingerprint density at radius 1 is 1.29 bits per heavy atom. The normalized spacial score (nSPS) is 16.5. The molecule has 0 spiro atoms. The molecule has 1 aromatic carbocycles. The molecular formula is C15H22N2O3S. The van der Waals surface area contributed by atoms with Gasteiger partial charge in [-0.05, 0) is 37.0 Å². The van der Waals surface area contributed by atoms with Crippen molar-refractivity contribution in [3.8, 4) is 0 Å². The van der Waals surface area contributed by atoms with Crippen LogP contribution in [-0.2, 0) is 21.4 Å². The number of amides is 1. The fourth-order valence-electron chi connectivity index (χ4n) is 1.82. The largest absolute Gasteiger partial charge is 0.352 e. The van der Waals surface area contributed by atoms with E-state index in [1.807, 2.05) is 13.8 Å². The van der Waals surface area contributed by atoms with Gasteiger partial charge in [0.05, 0.1) is 4.90 Å². The number of rotatable bonds is 7. The van der Waals surface area contributed by atoms with Crippen molar-refractivity contribution >= 4 is 15.9 Å². The van der Waals surface area contributed by atoms with Crippen molar-refractivity contribution < 1.29 is 13.2 Å². The smallest absolute Gasteiger partial charge is 0.240 e. The lowest BCUT2D eigenvalue weighted by atomic mass is 10.1. The summed E-state index contributed by atoms with van der Waals surface area (Å²) in [6, 6.07) is 6.73. The van der Waals surface area contributed by atoms with Crippen LogP contribution in [0, 0.1) is 5.92 Å². The SMILES string of the molecule is CC[C@H](C)C(=O)NCc1ccc(S(=O)(=O)NC2CC2)cc1. The molecule has 2 N–H and O–H groups in total. The summed E-state index contributed by atoms with van der Waals surface area (Å²) in [7, 11) is -3.40. The number of nitrogens with one attached hydrogen (secondary N) is 2. The molecule has 1 aliphatic rings. The number of carbonyl (C=O) groups excluding carboxylic acids is 1. The number of carbonyl (C=O) groups is 1. The topological polar surface area (TPSA) is 75.3 Å². The second-order valence-corrected chi connectivity index (χ2v) is 7.28. The van der Waals surface area contributed by atoms with E-state index in [9.17, 15) is 13.2 Å². The fourth-order valence-corrected chi connectivity index (χ4v) is 3.13. The average Bonchev–Trinajstić information content (AvgIpc) is 3.27. The van der Waals surface area contributed by atoms with E-state index >= 15 is 0 Å². The third-order valence-corrected chi connectivity index (χ3v) is 5.20. The van der Waals surface area contributed by atoms with Gasteiger partial charge in [-0.1, -0.05) is 26.0 Å². The molecule has 0 radical (unpaired) electrons. The summed E-state index contributed by atoms with van der Waals surface area (Å²) in [5.41, 5.74) is 0.886. The maximum absolute atomic E-state index is 12.0. The van der Waals surface area contributed by atoms with Gasteiger partial charge in [0.1, 0.15) is 0 Å². The van der Waals surface area contributed by atoms with Crippen LogP contribution >= 0.6 is 0 Å². The van der Waals surface area contributed by atoms with Crippen LogP contribution < -0.4 is 10.0 Å². The molecule has 5 nitrogen and oxygen atoms in total. The molecule has 1 saturated carbocycles. The minimum absolute atomic E-state index is 0.00704. The highest BCUT2D eigenvalue weighted by molar-refractivity contribution is 7.89. The molecule has 1 aliphatic carbocycles. The van der Waals surface area contributed by atoms with E-state index in [0.717, 1.165) is 24.8 Å². The Morgan fingerprint density at radius 2 is 1.90 bits per heavy atom. The van der Waals surface area contributed by atoms with Crippen molar-refractivity contribution in [1.29, 1.82) is 0 Å². The van der Waals surface area contributed by atoms with E-state index in [1.165, 1.54) is 0 Å². The lowest BCUT2D eigenvalue weighted by Gasteiger charge is -2.10. The zero-order valence-corrected chi connectivity index (χ0v) is 13.2. The molecule has 0 bridgehead atoms. The molecular weight excluding hydrogens is 288 g/mol. The molecule has 0 saturated heterocycles. The van der Waals surface area contributed by atoms with E-state index in [0.29, 0.717) is 6.54 Å². The highest BCUT2D eigenvalue weighted by Crippen LogP contribution is 2.22. The van der Waals surface area contributed by atoms with Gasteiger partial charge in [-0.2, -0.15) is 0 Å². The highest BCUT2D eigenvalue weighted by Gasteiger charge is 2.27. The van der Waals surface area contributed by atoms with Crippen molar-refractivity contribution in [1.82, 2.24) is 10.0 Å². The first kappa shape index (κ1) is 16.0. The third kappa shape index (κ3) is 4.54. The molecule has 0 heterocycles. The Hall–Kier alpha value is -1.40. The second-order valence-electron chi connectivity index (χ2n) is 5.57. The first-order chi connectivity index (χ1) is 9.92.